The molecule has 2 aliphatic carbocycles. The van der Waals surface area contributed by atoms with Crippen LogP contribution in [0.3, 0.4) is 0 Å². The van der Waals surface area contributed by atoms with Crippen LogP contribution < -0.4 is 10.6 Å². The van der Waals surface area contributed by atoms with Gasteiger partial charge in [-0.2, -0.15) is 0 Å². The van der Waals surface area contributed by atoms with E-state index in [4.69, 9.17) is 0 Å². The van der Waals surface area contributed by atoms with E-state index in [1.54, 1.807) is 0 Å². The van der Waals surface area contributed by atoms with Crippen LogP contribution in [0, 0.1) is 0 Å². The highest BCUT2D eigenvalue weighted by Crippen LogP contribution is 2.18. The summed E-state index contributed by atoms with van der Waals surface area (Å²) in [6.07, 6.45) is 14.1. The predicted octanol–water partition coefficient (Wildman–Crippen LogP) is 3.05. The largest absolute Gasteiger partial charge is 0.353 e. The van der Waals surface area contributed by atoms with Crippen molar-refractivity contribution in [3.05, 3.63) is 0 Å². The second-order valence-corrected chi connectivity index (χ2v) is 6.69. The lowest BCUT2D eigenvalue weighted by atomic mass is 10.1. The van der Waals surface area contributed by atoms with E-state index in [0.717, 1.165) is 25.7 Å². The summed E-state index contributed by atoms with van der Waals surface area (Å²) < 4.78 is 0. The quantitative estimate of drug-likeness (QED) is 0.618. The molecule has 2 aliphatic rings. The third kappa shape index (κ3) is 6.49. The fourth-order valence-corrected chi connectivity index (χ4v) is 3.55. The maximum Gasteiger partial charge on any atom is 0.229 e. The van der Waals surface area contributed by atoms with E-state index in [9.17, 15) is 9.59 Å². The summed E-state index contributed by atoms with van der Waals surface area (Å²) in [5.74, 6) is -0.207. The fraction of sp³-hybridized carbons (Fsp3) is 0.882. The van der Waals surface area contributed by atoms with Crippen molar-refractivity contribution in [2.75, 3.05) is 0 Å². The summed E-state index contributed by atoms with van der Waals surface area (Å²) in [5, 5.41) is 6.08. The first-order valence-electron chi connectivity index (χ1n) is 8.83. The monoisotopic (exact) mass is 294 g/mol. The van der Waals surface area contributed by atoms with Gasteiger partial charge in [-0.3, -0.25) is 9.59 Å². The Morgan fingerprint density at radius 3 is 1.29 bits per heavy atom. The molecule has 0 aromatic carbocycles. The summed E-state index contributed by atoms with van der Waals surface area (Å²) in [6, 6.07) is 0.566. The minimum absolute atomic E-state index is 0.00694. The maximum atomic E-state index is 12.0. The Labute approximate surface area is 128 Å². The third-order valence-electron chi connectivity index (χ3n) is 4.76. The molecule has 0 radical (unpaired) electrons. The molecule has 2 rings (SSSR count). The van der Waals surface area contributed by atoms with Gasteiger partial charge in [0.1, 0.15) is 6.42 Å². The number of hydrogen-bond donors (Lipinski definition) is 2. The van der Waals surface area contributed by atoms with E-state index in [1.807, 2.05) is 0 Å². The van der Waals surface area contributed by atoms with Gasteiger partial charge in [-0.25, -0.2) is 0 Å². The van der Waals surface area contributed by atoms with Gasteiger partial charge in [0.15, 0.2) is 0 Å². The number of carbonyl (C=O) groups is 2. The molecule has 0 bridgehead atoms. The maximum absolute atomic E-state index is 12.0. The second kappa shape index (κ2) is 9.06. The van der Waals surface area contributed by atoms with Gasteiger partial charge in [0.25, 0.3) is 0 Å². The van der Waals surface area contributed by atoms with Crippen molar-refractivity contribution in [1.29, 1.82) is 0 Å². The van der Waals surface area contributed by atoms with Crippen molar-refractivity contribution in [2.24, 2.45) is 0 Å². The van der Waals surface area contributed by atoms with Crippen LogP contribution in [0.4, 0.5) is 0 Å². The molecule has 4 nitrogen and oxygen atoms in total. The zero-order valence-corrected chi connectivity index (χ0v) is 13.2. The first kappa shape index (κ1) is 16.3. The molecule has 4 heteroatoms. The van der Waals surface area contributed by atoms with E-state index in [2.05, 4.69) is 10.6 Å². The molecule has 2 fully saturated rings. The average molecular weight is 294 g/mol. The Balaban J connectivity index is 1.67. The molecule has 0 heterocycles. The van der Waals surface area contributed by atoms with Gasteiger partial charge < -0.3 is 10.6 Å². The summed E-state index contributed by atoms with van der Waals surface area (Å²) in [4.78, 5) is 23.9. The Bertz CT molecular complexity index is 296. The van der Waals surface area contributed by atoms with Crippen molar-refractivity contribution < 1.29 is 9.59 Å². The lowest BCUT2D eigenvalue weighted by molar-refractivity contribution is -0.130. The van der Waals surface area contributed by atoms with Gasteiger partial charge in [0.05, 0.1) is 0 Å². The summed E-state index contributed by atoms with van der Waals surface area (Å²) in [5.41, 5.74) is 0. The molecule has 0 aromatic heterocycles. The molecular formula is C17H30N2O2. The topological polar surface area (TPSA) is 58.2 Å². The van der Waals surface area contributed by atoms with Crippen LogP contribution in [0.1, 0.15) is 83.5 Å². The molecule has 0 aliphatic heterocycles. The van der Waals surface area contributed by atoms with Gasteiger partial charge in [-0.15, -0.1) is 0 Å². The van der Waals surface area contributed by atoms with Gasteiger partial charge in [-0.1, -0.05) is 51.4 Å². The average Bonchev–Trinajstić information content (AvgIpc) is 2.83. The Hall–Kier alpha value is -1.06. The molecule has 2 saturated carbocycles. The number of amides is 2. The predicted molar refractivity (Wildman–Crippen MR) is 83.9 cm³/mol. The molecule has 0 atom stereocenters. The minimum Gasteiger partial charge on any atom is -0.353 e. The molecular weight excluding hydrogens is 264 g/mol. The highest BCUT2D eigenvalue weighted by molar-refractivity contribution is 5.97. The van der Waals surface area contributed by atoms with Crippen LogP contribution in [0.2, 0.25) is 0 Å². The van der Waals surface area contributed by atoms with Gasteiger partial charge in [-0.05, 0) is 25.7 Å². The molecule has 2 N–H and O–H groups in total. The summed E-state index contributed by atoms with van der Waals surface area (Å²) in [6.45, 7) is 0. The van der Waals surface area contributed by atoms with Crippen molar-refractivity contribution in [3.63, 3.8) is 0 Å². The van der Waals surface area contributed by atoms with Crippen LogP contribution in [0.5, 0.6) is 0 Å². The van der Waals surface area contributed by atoms with Crippen LogP contribution in [-0.4, -0.2) is 23.9 Å². The zero-order valence-electron chi connectivity index (χ0n) is 13.2. The van der Waals surface area contributed by atoms with Crippen LogP contribution in [0.25, 0.3) is 0 Å². The number of rotatable bonds is 4. The fourth-order valence-electron chi connectivity index (χ4n) is 3.55. The van der Waals surface area contributed by atoms with Crippen LogP contribution in [-0.2, 0) is 9.59 Å². The van der Waals surface area contributed by atoms with Crippen LogP contribution in [0.15, 0.2) is 0 Å². The summed E-state index contributed by atoms with van der Waals surface area (Å²) in [7, 11) is 0. The number of hydrogen-bond acceptors (Lipinski definition) is 2. The van der Waals surface area contributed by atoms with E-state index in [-0.39, 0.29) is 30.3 Å². The van der Waals surface area contributed by atoms with Crippen molar-refractivity contribution in [3.8, 4) is 0 Å². The SMILES string of the molecule is O=C(CC(=O)NC1CCCCCC1)NC1CCCCCC1. The molecule has 0 spiro atoms. The van der Waals surface area contributed by atoms with Gasteiger partial charge in [0.2, 0.25) is 11.8 Å². The molecule has 0 saturated heterocycles. The molecule has 21 heavy (non-hydrogen) atoms. The van der Waals surface area contributed by atoms with Crippen molar-refractivity contribution >= 4 is 11.8 Å². The molecule has 120 valence electrons. The number of carbonyl (C=O) groups excluding carboxylic acids is 2. The number of nitrogens with one attached hydrogen (secondary N) is 2. The molecule has 0 aromatic rings. The first-order chi connectivity index (χ1) is 10.2. The third-order valence-corrected chi connectivity index (χ3v) is 4.76. The Morgan fingerprint density at radius 2 is 0.952 bits per heavy atom. The second-order valence-electron chi connectivity index (χ2n) is 6.69. The lowest BCUT2D eigenvalue weighted by Gasteiger charge is -2.18. The van der Waals surface area contributed by atoms with E-state index >= 15 is 0 Å². The zero-order chi connectivity index (χ0) is 14.9. The highest BCUT2D eigenvalue weighted by Gasteiger charge is 2.19. The van der Waals surface area contributed by atoms with Gasteiger partial charge >= 0.3 is 0 Å². The van der Waals surface area contributed by atoms with Crippen LogP contribution >= 0.6 is 0 Å². The van der Waals surface area contributed by atoms with Gasteiger partial charge in [0, 0.05) is 12.1 Å². The smallest absolute Gasteiger partial charge is 0.229 e. The normalized spacial score (nSPS) is 22.1. The molecule has 2 amide bonds. The van der Waals surface area contributed by atoms with E-state index < -0.39 is 0 Å². The minimum atomic E-state index is -0.104. The van der Waals surface area contributed by atoms with E-state index in [1.165, 1.54) is 51.4 Å². The first-order valence-corrected chi connectivity index (χ1v) is 8.83. The van der Waals surface area contributed by atoms with Crippen molar-refractivity contribution in [2.45, 2.75) is 95.6 Å². The van der Waals surface area contributed by atoms with Crippen molar-refractivity contribution in [1.82, 2.24) is 10.6 Å². The summed E-state index contributed by atoms with van der Waals surface area (Å²) >= 11 is 0. The standard InChI is InChI=1S/C17H30N2O2/c20-16(18-14-9-5-1-2-6-10-14)13-17(21)19-15-11-7-3-4-8-12-15/h14-15H,1-13H2,(H,18,20)(H,19,21). The molecule has 0 unspecified atom stereocenters. The lowest BCUT2D eigenvalue weighted by Crippen LogP contribution is -2.40. The Kier molecular flexibility index (Phi) is 7.04. The Morgan fingerprint density at radius 1 is 0.619 bits per heavy atom. The van der Waals surface area contributed by atoms with E-state index in [0.29, 0.717) is 0 Å². The highest BCUT2D eigenvalue weighted by atomic mass is 16.2.